The average molecular weight is 268 g/mol. The molecule has 98 valence electrons. The fraction of sp³-hybridized carbons (Fsp3) is 0.500. The van der Waals surface area contributed by atoms with Crippen LogP contribution in [-0.4, -0.2) is 34.9 Å². The molecule has 1 amide bonds. The highest BCUT2D eigenvalue weighted by Crippen LogP contribution is 2.22. The number of amides is 1. The third kappa shape index (κ3) is 3.24. The molecule has 2 rings (SSSR count). The fourth-order valence-corrected chi connectivity index (χ4v) is 2.50. The maximum Gasteiger partial charge on any atom is 0.222 e. The van der Waals surface area contributed by atoms with Gasteiger partial charge in [0.2, 0.25) is 5.91 Å². The summed E-state index contributed by atoms with van der Waals surface area (Å²) >= 11 is 5.77. The summed E-state index contributed by atoms with van der Waals surface area (Å²) < 4.78 is 0. The second-order valence-corrected chi connectivity index (χ2v) is 5.09. The summed E-state index contributed by atoms with van der Waals surface area (Å²) in [5, 5.41) is 10.0. The molecular formula is C14H18ClNO2. The Balaban J connectivity index is 1.83. The van der Waals surface area contributed by atoms with Crippen LogP contribution in [0.3, 0.4) is 0 Å². The number of benzene rings is 1. The molecule has 1 aromatic carbocycles. The average Bonchev–Trinajstić information content (AvgIpc) is 2.77. The van der Waals surface area contributed by atoms with Crippen LogP contribution in [0.5, 0.6) is 0 Å². The molecule has 0 aromatic heterocycles. The molecule has 0 saturated carbocycles. The predicted molar refractivity (Wildman–Crippen MR) is 71.4 cm³/mol. The molecule has 0 radical (unpaired) electrons. The van der Waals surface area contributed by atoms with E-state index in [-0.39, 0.29) is 11.8 Å². The molecule has 3 nitrogen and oxygen atoms in total. The van der Waals surface area contributed by atoms with Crippen molar-refractivity contribution in [1.29, 1.82) is 0 Å². The van der Waals surface area contributed by atoms with Gasteiger partial charge in [-0.2, -0.15) is 0 Å². The number of likely N-dealkylation sites (tertiary alicyclic amines) is 1. The van der Waals surface area contributed by atoms with Crippen molar-refractivity contribution in [1.82, 2.24) is 4.90 Å². The van der Waals surface area contributed by atoms with Gasteiger partial charge >= 0.3 is 0 Å². The van der Waals surface area contributed by atoms with Crippen molar-refractivity contribution in [2.45, 2.75) is 18.9 Å². The van der Waals surface area contributed by atoms with E-state index < -0.39 is 6.10 Å². The molecular weight excluding hydrogens is 250 g/mol. The minimum atomic E-state index is -0.506. The van der Waals surface area contributed by atoms with Gasteiger partial charge in [0.15, 0.2) is 0 Å². The summed E-state index contributed by atoms with van der Waals surface area (Å²) in [6.45, 7) is 1.33. The second-order valence-electron chi connectivity index (χ2n) is 4.78. The van der Waals surface area contributed by atoms with E-state index in [1.807, 2.05) is 30.3 Å². The van der Waals surface area contributed by atoms with Gasteiger partial charge in [-0.1, -0.05) is 30.3 Å². The lowest BCUT2D eigenvalue weighted by molar-refractivity contribution is -0.128. The lowest BCUT2D eigenvalue weighted by Gasteiger charge is -2.18. The van der Waals surface area contributed by atoms with Crippen molar-refractivity contribution in [3.63, 3.8) is 0 Å². The number of hydrogen-bond acceptors (Lipinski definition) is 2. The Bertz CT molecular complexity index is 396. The molecule has 1 N–H and O–H groups in total. The Morgan fingerprint density at radius 3 is 2.72 bits per heavy atom. The third-order valence-corrected chi connectivity index (χ3v) is 3.81. The van der Waals surface area contributed by atoms with Crippen LogP contribution in [0.15, 0.2) is 30.3 Å². The molecule has 1 aliphatic rings. The van der Waals surface area contributed by atoms with Crippen LogP contribution in [0.2, 0.25) is 0 Å². The van der Waals surface area contributed by atoms with E-state index >= 15 is 0 Å². The molecule has 0 aliphatic carbocycles. The van der Waals surface area contributed by atoms with Crippen molar-refractivity contribution in [3.8, 4) is 0 Å². The van der Waals surface area contributed by atoms with E-state index in [1.54, 1.807) is 4.90 Å². The first kappa shape index (κ1) is 13.4. The molecule has 4 heteroatoms. The van der Waals surface area contributed by atoms with Gasteiger partial charge in [-0.15, -0.1) is 11.6 Å². The summed E-state index contributed by atoms with van der Waals surface area (Å²) in [6, 6.07) is 9.54. The normalized spacial score (nSPS) is 21.3. The highest BCUT2D eigenvalue weighted by atomic mass is 35.5. The smallest absolute Gasteiger partial charge is 0.222 e. The van der Waals surface area contributed by atoms with Crippen LogP contribution in [0.1, 0.15) is 24.5 Å². The van der Waals surface area contributed by atoms with Gasteiger partial charge < -0.3 is 10.0 Å². The topological polar surface area (TPSA) is 40.5 Å². The summed E-state index contributed by atoms with van der Waals surface area (Å²) in [5.74, 6) is 0.956. The van der Waals surface area contributed by atoms with Crippen molar-refractivity contribution in [2.24, 2.45) is 5.92 Å². The number of carbonyl (C=O) groups excluding carboxylic acids is 1. The van der Waals surface area contributed by atoms with Crippen molar-refractivity contribution >= 4 is 17.5 Å². The molecule has 1 aliphatic heterocycles. The second kappa shape index (κ2) is 6.21. The molecule has 2 atom stereocenters. The third-order valence-electron chi connectivity index (χ3n) is 3.37. The van der Waals surface area contributed by atoms with Crippen LogP contribution < -0.4 is 0 Å². The number of alkyl halides is 1. The summed E-state index contributed by atoms with van der Waals surface area (Å²) in [7, 11) is 0. The number of nitrogens with zero attached hydrogens (tertiary/aromatic N) is 1. The lowest BCUT2D eigenvalue weighted by atomic mass is 10.1. The van der Waals surface area contributed by atoms with Gasteiger partial charge in [-0.25, -0.2) is 0 Å². The molecule has 18 heavy (non-hydrogen) atoms. The quantitative estimate of drug-likeness (QED) is 0.831. The number of halogens is 1. The van der Waals surface area contributed by atoms with Crippen LogP contribution >= 0.6 is 11.6 Å². The zero-order chi connectivity index (χ0) is 13.0. The first-order chi connectivity index (χ1) is 8.70. The van der Waals surface area contributed by atoms with Crippen molar-refractivity contribution < 1.29 is 9.90 Å². The van der Waals surface area contributed by atoms with Gasteiger partial charge in [0.25, 0.3) is 0 Å². The minimum Gasteiger partial charge on any atom is -0.388 e. The summed E-state index contributed by atoms with van der Waals surface area (Å²) in [5.41, 5.74) is 0.901. The molecule has 0 spiro atoms. The van der Waals surface area contributed by atoms with Crippen LogP contribution in [-0.2, 0) is 4.79 Å². The zero-order valence-corrected chi connectivity index (χ0v) is 11.0. The molecule has 1 aromatic rings. The van der Waals surface area contributed by atoms with E-state index in [1.165, 1.54) is 0 Å². The molecule has 0 bridgehead atoms. The van der Waals surface area contributed by atoms with E-state index in [0.717, 1.165) is 12.1 Å². The monoisotopic (exact) mass is 267 g/mol. The fourth-order valence-electron chi connectivity index (χ4n) is 2.29. The van der Waals surface area contributed by atoms with Crippen LogP contribution in [0.25, 0.3) is 0 Å². The van der Waals surface area contributed by atoms with E-state index in [9.17, 15) is 9.90 Å². The summed E-state index contributed by atoms with van der Waals surface area (Å²) in [4.78, 5) is 13.5. The zero-order valence-electron chi connectivity index (χ0n) is 10.3. The molecule has 1 fully saturated rings. The minimum absolute atomic E-state index is 0.154. The first-order valence-electron chi connectivity index (χ1n) is 6.27. The summed E-state index contributed by atoms with van der Waals surface area (Å²) in [6.07, 6.45) is 0.615. The van der Waals surface area contributed by atoms with Gasteiger partial charge in [-0.3, -0.25) is 4.79 Å². The highest BCUT2D eigenvalue weighted by molar-refractivity contribution is 6.18. The van der Waals surface area contributed by atoms with Crippen LogP contribution in [0.4, 0.5) is 0 Å². The lowest BCUT2D eigenvalue weighted by Crippen LogP contribution is -2.27. The number of hydrogen-bond donors (Lipinski definition) is 1. The van der Waals surface area contributed by atoms with Gasteiger partial charge in [-0.05, 0) is 17.9 Å². The van der Waals surface area contributed by atoms with Gasteiger partial charge in [0.1, 0.15) is 0 Å². The number of aliphatic hydroxyl groups is 1. The maximum atomic E-state index is 11.7. The molecule has 1 saturated heterocycles. The Morgan fingerprint density at radius 1 is 1.39 bits per heavy atom. The molecule has 2 unspecified atom stereocenters. The molecule has 1 heterocycles. The number of rotatable bonds is 5. The maximum absolute atomic E-state index is 11.7. The van der Waals surface area contributed by atoms with Gasteiger partial charge in [0, 0.05) is 25.4 Å². The van der Waals surface area contributed by atoms with Crippen molar-refractivity contribution in [2.75, 3.05) is 19.0 Å². The SMILES string of the molecule is O=C1CC(CCl)CN1CCC(O)c1ccccc1. The largest absolute Gasteiger partial charge is 0.388 e. The Hall–Kier alpha value is -1.06. The van der Waals surface area contributed by atoms with E-state index in [0.29, 0.717) is 25.3 Å². The number of carbonyl (C=O) groups is 1. The Kier molecular flexibility index (Phi) is 4.61. The van der Waals surface area contributed by atoms with Crippen molar-refractivity contribution in [3.05, 3.63) is 35.9 Å². The highest BCUT2D eigenvalue weighted by Gasteiger charge is 2.28. The Morgan fingerprint density at radius 2 is 2.11 bits per heavy atom. The van der Waals surface area contributed by atoms with Crippen LogP contribution in [0, 0.1) is 5.92 Å². The Labute approximate surface area is 112 Å². The van der Waals surface area contributed by atoms with Gasteiger partial charge in [0.05, 0.1) is 6.10 Å². The first-order valence-corrected chi connectivity index (χ1v) is 6.81. The number of aliphatic hydroxyl groups excluding tert-OH is 1. The van der Waals surface area contributed by atoms with E-state index in [4.69, 9.17) is 11.6 Å². The predicted octanol–water partition coefficient (Wildman–Crippen LogP) is 2.20. The standard InChI is InChI=1S/C14H18ClNO2/c15-9-11-8-14(18)16(10-11)7-6-13(17)12-4-2-1-3-5-12/h1-5,11,13,17H,6-10H2. The van der Waals surface area contributed by atoms with E-state index in [2.05, 4.69) is 0 Å².